The molecule has 0 aromatic heterocycles. The van der Waals surface area contributed by atoms with Gasteiger partial charge in [-0.2, -0.15) is 0 Å². The normalized spacial score (nSPS) is 10.4. The number of nitrogens with two attached hydrogens (primary N) is 1. The largest absolute Gasteiger partial charge is 0.398 e. The fourth-order valence-corrected chi connectivity index (χ4v) is 1.99. The molecule has 0 aliphatic heterocycles. The Balaban J connectivity index is 2.66. The van der Waals surface area contributed by atoms with E-state index < -0.39 is 0 Å². The molecule has 82 valence electrons. The number of nitrogen functional groups attached to an aromatic ring is 1. The molecule has 0 saturated carbocycles. The van der Waals surface area contributed by atoms with Crippen LogP contribution in [0, 0.1) is 20.8 Å². The molecule has 2 aromatic carbocycles. The SMILES string of the molecule is Cc1ccc(-c2ccccc2N)c(C)c1C. The van der Waals surface area contributed by atoms with Gasteiger partial charge in [0.25, 0.3) is 0 Å². The van der Waals surface area contributed by atoms with E-state index in [9.17, 15) is 0 Å². The maximum absolute atomic E-state index is 6.01. The van der Waals surface area contributed by atoms with E-state index in [2.05, 4.69) is 39.0 Å². The van der Waals surface area contributed by atoms with Crippen molar-refractivity contribution in [1.82, 2.24) is 0 Å². The summed E-state index contributed by atoms with van der Waals surface area (Å²) in [6.45, 7) is 6.46. The van der Waals surface area contributed by atoms with Gasteiger partial charge < -0.3 is 5.73 Å². The third kappa shape index (κ3) is 1.69. The van der Waals surface area contributed by atoms with E-state index >= 15 is 0 Å². The Bertz CT molecular complexity index is 527. The van der Waals surface area contributed by atoms with Gasteiger partial charge in [0, 0.05) is 11.3 Å². The highest BCUT2D eigenvalue weighted by atomic mass is 14.6. The van der Waals surface area contributed by atoms with Crippen LogP contribution in [0.15, 0.2) is 36.4 Å². The van der Waals surface area contributed by atoms with Crippen LogP contribution < -0.4 is 5.73 Å². The summed E-state index contributed by atoms with van der Waals surface area (Å²) in [5.41, 5.74) is 13.2. The fraction of sp³-hybridized carbons (Fsp3) is 0.200. The molecule has 0 aliphatic carbocycles. The zero-order valence-electron chi connectivity index (χ0n) is 10.0. The lowest BCUT2D eigenvalue weighted by Gasteiger charge is -2.13. The van der Waals surface area contributed by atoms with Gasteiger partial charge in [0.1, 0.15) is 0 Å². The summed E-state index contributed by atoms with van der Waals surface area (Å²) in [4.78, 5) is 0. The van der Waals surface area contributed by atoms with Gasteiger partial charge in [-0.1, -0.05) is 30.3 Å². The molecule has 0 bridgehead atoms. The molecular formula is C15H17N. The first-order valence-corrected chi connectivity index (χ1v) is 5.53. The van der Waals surface area contributed by atoms with E-state index in [4.69, 9.17) is 5.73 Å². The number of hydrogen-bond donors (Lipinski definition) is 1. The first-order valence-electron chi connectivity index (χ1n) is 5.53. The van der Waals surface area contributed by atoms with Crippen molar-refractivity contribution in [3.05, 3.63) is 53.1 Å². The summed E-state index contributed by atoms with van der Waals surface area (Å²) >= 11 is 0. The highest BCUT2D eigenvalue weighted by molar-refractivity contribution is 5.79. The maximum atomic E-state index is 6.01. The molecule has 2 rings (SSSR count). The van der Waals surface area contributed by atoms with E-state index in [0.717, 1.165) is 11.3 Å². The van der Waals surface area contributed by atoms with Crippen molar-refractivity contribution in [3.63, 3.8) is 0 Å². The topological polar surface area (TPSA) is 26.0 Å². The minimum atomic E-state index is 0.842. The van der Waals surface area contributed by atoms with Crippen LogP contribution in [0.2, 0.25) is 0 Å². The Morgan fingerprint density at radius 2 is 1.44 bits per heavy atom. The lowest BCUT2D eigenvalue weighted by Crippen LogP contribution is -1.94. The number of rotatable bonds is 1. The molecule has 0 spiro atoms. The van der Waals surface area contributed by atoms with Crippen LogP contribution in [0.1, 0.15) is 16.7 Å². The molecule has 0 fully saturated rings. The molecule has 0 heterocycles. The second-order valence-corrected chi connectivity index (χ2v) is 4.27. The van der Waals surface area contributed by atoms with Crippen LogP contribution in [0.3, 0.4) is 0 Å². The Morgan fingerprint density at radius 1 is 0.750 bits per heavy atom. The van der Waals surface area contributed by atoms with Crippen molar-refractivity contribution in [1.29, 1.82) is 0 Å². The number of benzene rings is 2. The van der Waals surface area contributed by atoms with Crippen LogP contribution in [0.25, 0.3) is 11.1 Å². The highest BCUT2D eigenvalue weighted by Crippen LogP contribution is 2.30. The molecule has 0 amide bonds. The molecule has 1 heteroatoms. The third-order valence-corrected chi connectivity index (χ3v) is 3.31. The predicted octanol–water partition coefficient (Wildman–Crippen LogP) is 3.86. The maximum Gasteiger partial charge on any atom is 0.0393 e. The molecule has 1 nitrogen and oxygen atoms in total. The van der Waals surface area contributed by atoms with Crippen molar-refractivity contribution in [2.45, 2.75) is 20.8 Å². The van der Waals surface area contributed by atoms with Gasteiger partial charge >= 0.3 is 0 Å². The quantitative estimate of drug-likeness (QED) is 0.712. The summed E-state index contributed by atoms with van der Waals surface area (Å²) in [7, 11) is 0. The number of aryl methyl sites for hydroxylation is 1. The standard InChI is InChI=1S/C15H17N/c1-10-8-9-13(12(3)11(10)2)14-6-4-5-7-15(14)16/h4-9H,16H2,1-3H3. The van der Waals surface area contributed by atoms with E-state index in [0.29, 0.717) is 0 Å². The third-order valence-electron chi connectivity index (χ3n) is 3.31. The second-order valence-electron chi connectivity index (χ2n) is 4.27. The van der Waals surface area contributed by atoms with Crippen LogP contribution >= 0.6 is 0 Å². The first-order chi connectivity index (χ1) is 7.61. The molecule has 0 radical (unpaired) electrons. The van der Waals surface area contributed by atoms with Crippen molar-refractivity contribution in [2.24, 2.45) is 0 Å². The number of hydrogen-bond acceptors (Lipinski definition) is 1. The summed E-state index contributed by atoms with van der Waals surface area (Å²) in [5.74, 6) is 0. The molecular weight excluding hydrogens is 194 g/mol. The monoisotopic (exact) mass is 211 g/mol. The fourth-order valence-electron chi connectivity index (χ4n) is 1.99. The van der Waals surface area contributed by atoms with Crippen LogP contribution in [-0.4, -0.2) is 0 Å². The van der Waals surface area contributed by atoms with Gasteiger partial charge in [-0.25, -0.2) is 0 Å². The van der Waals surface area contributed by atoms with Gasteiger partial charge in [0.2, 0.25) is 0 Å². The molecule has 0 atom stereocenters. The van der Waals surface area contributed by atoms with Gasteiger partial charge in [-0.3, -0.25) is 0 Å². The molecule has 2 N–H and O–H groups in total. The lowest BCUT2D eigenvalue weighted by molar-refractivity contribution is 1.27. The minimum Gasteiger partial charge on any atom is -0.398 e. The summed E-state index contributed by atoms with van der Waals surface area (Å²) < 4.78 is 0. The molecule has 0 unspecified atom stereocenters. The lowest BCUT2D eigenvalue weighted by atomic mass is 9.93. The van der Waals surface area contributed by atoms with Crippen LogP contribution in [0.4, 0.5) is 5.69 Å². The smallest absolute Gasteiger partial charge is 0.0393 e. The Hall–Kier alpha value is -1.76. The average Bonchev–Trinajstić information content (AvgIpc) is 2.28. The van der Waals surface area contributed by atoms with Crippen LogP contribution in [0.5, 0.6) is 0 Å². The first kappa shape index (κ1) is 10.7. The molecule has 16 heavy (non-hydrogen) atoms. The van der Waals surface area contributed by atoms with Gasteiger partial charge in [0.15, 0.2) is 0 Å². The zero-order chi connectivity index (χ0) is 11.7. The van der Waals surface area contributed by atoms with Gasteiger partial charge in [-0.05, 0) is 49.1 Å². The Kier molecular flexibility index (Phi) is 2.69. The summed E-state index contributed by atoms with van der Waals surface area (Å²) in [6.07, 6.45) is 0. The summed E-state index contributed by atoms with van der Waals surface area (Å²) in [5, 5.41) is 0. The molecule has 2 aromatic rings. The average molecular weight is 211 g/mol. The van der Waals surface area contributed by atoms with Crippen molar-refractivity contribution in [3.8, 4) is 11.1 Å². The van der Waals surface area contributed by atoms with Crippen LogP contribution in [-0.2, 0) is 0 Å². The highest BCUT2D eigenvalue weighted by Gasteiger charge is 2.07. The van der Waals surface area contributed by atoms with Crippen molar-refractivity contribution >= 4 is 5.69 Å². The second kappa shape index (κ2) is 4.01. The zero-order valence-corrected chi connectivity index (χ0v) is 10.0. The molecule has 0 aliphatic rings. The number of para-hydroxylation sites is 1. The van der Waals surface area contributed by atoms with Crippen molar-refractivity contribution < 1.29 is 0 Å². The summed E-state index contributed by atoms with van der Waals surface area (Å²) in [6, 6.07) is 12.3. The van der Waals surface area contributed by atoms with E-state index in [1.165, 1.54) is 22.3 Å². The minimum absolute atomic E-state index is 0.842. The predicted molar refractivity (Wildman–Crippen MR) is 70.5 cm³/mol. The van der Waals surface area contributed by atoms with E-state index in [1.54, 1.807) is 0 Å². The van der Waals surface area contributed by atoms with Crippen molar-refractivity contribution in [2.75, 3.05) is 5.73 Å². The number of anilines is 1. The van der Waals surface area contributed by atoms with Gasteiger partial charge in [0.05, 0.1) is 0 Å². The van der Waals surface area contributed by atoms with E-state index in [1.807, 2.05) is 18.2 Å². The van der Waals surface area contributed by atoms with Gasteiger partial charge in [-0.15, -0.1) is 0 Å². The Morgan fingerprint density at radius 3 is 2.12 bits per heavy atom. The Labute approximate surface area is 96.9 Å². The van der Waals surface area contributed by atoms with E-state index in [-0.39, 0.29) is 0 Å². The molecule has 0 saturated heterocycles.